The van der Waals surface area contributed by atoms with Crippen molar-refractivity contribution in [1.29, 1.82) is 5.26 Å². The Bertz CT molecular complexity index is 484. The monoisotopic (exact) mass is 237 g/mol. The molecule has 0 radical (unpaired) electrons. The molecule has 0 bridgehead atoms. The molecule has 1 rings (SSSR count). The number of rotatable bonds is 4. The van der Waals surface area contributed by atoms with Crippen LogP contribution in [0.2, 0.25) is 0 Å². The molecule has 0 spiro atoms. The zero-order valence-corrected chi connectivity index (χ0v) is 10.3. The van der Waals surface area contributed by atoms with Gasteiger partial charge in [0.2, 0.25) is 0 Å². The third-order valence-electron chi connectivity index (χ3n) is 2.40. The van der Waals surface area contributed by atoms with Crippen molar-refractivity contribution >= 4 is 9.84 Å². The smallest absolute Gasteiger partial charge is 0.178 e. The molecule has 0 aliphatic rings. The Hall–Kier alpha value is -1.34. The SMILES string of the molecule is CC(C)(C#N)CCS(=O)(=O)c1ccccc1. The molecule has 0 saturated heterocycles. The molecular weight excluding hydrogens is 222 g/mol. The molecule has 0 unspecified atom stereocenters. The van der Waals surface area contributed by atoms with Crippen LogP contribution in [0.3, 0.4) is 0 Å². The summed E-state index contributed by atoms with van der Waals surface area (Å²) >= 11 is 0. The van der Waals surface area contributed by atoms with Gasteiger partial charge >= 0.3 is 0 Å². The van der Waals surface area contributed by atoms with Crippen LogP contribution in [0.1, 0.15) is 20.3 Å². The summed E-state index contributed by atoms with van der Waals surface area (Å²) in [6.07, 6.45) is 0.348. The molecule has 0 aromatic heterocycles. The van der Waals surface area contributed by atoms with Gasteiger partial charge in [-0.2, -0.15) is 5.26 Å². The highest BCUT2D eigenvalue weighted by molar-refractivity contribution is 7.91. The normalized spacial score (nSPS) is 12.1. The topological polar surface area (TPSA) is 57.9 Å². The average Bonchev–Trinajstić information content (AvgIpc) is 2.28. The van der Waals surface area contributed by atoms with Crippen molar-refractivity contribution in [3.8, 4) is 6.07 Å². The summed E-state index contributed by atoms with van der Waals surface area (Å²) in [5.41, 5.74) is -0.595. The van der Waals surface area contributed by atoms with E-state index in [1.807, 2.05) is 0 Å². The van der Waals surface area contributed by atoms with E-state index in [1.54, 1.807) is 44.2 Å². The second-order valence-electron chi connectivity index (χ2n) is 4.38. The van der Waals surface area contributed by atoms with Gasteiger partial charge in [-0.05, 0) is 32.4 Å². The van der Waals surface area contributed by atoms with E-state index in [2.05, 4.69) is 6.07 Å². The fraction of sp³-hybridized carbons (Fsp3) is 0.417. The lowest BCUT2D eigenvalue weighted by Crippen LogP contribution is -2.16. The highest BCUT2D eigenvalue weighted by Gasteiger charge is 2.22. The molecule has 1 aromatic rings. The van der Waals surface area contributed by atoms with Crippen molar-refractivity contribution < 1.29 is 8.42 Å². The van der Waals surface area contributed by atoms with Crippen molar-refractivity contribution in [1.82, 2.24) is 0 Å². The van der Waals surface area contributed by atoms with E-state index in [1.165, 1.54) is 0 Å². The summed E-state index contributed by atoms with van der Waals surface area (Å²) in [5, 5.41) is 8.82. The fourth-order valence-corrected chi connectivity index (χ4v) is 2.78. The highest BCUT2D eigenvalue weighted by Crippen LogP contribution is 2.22. The molecule has 0 fully saturated rings. The second-order valence-corrected chi connectivity index (χ2v) is 6.49. The summed E-state index contributed by atoms with van der Waals surface area (Å²) in [6.45, 7) is 3.49. The number of hydrogen-bond donors (Lipinski definition) is 0. The zero-order chi connectivity index (χ0) is 12.2. The first-order chi connectivity index (χ1) is 7.37. The van der Waals surface area contributed by atoms with E-state index in [9.17, 15) is 8.42 Å². The van der Waals surface area contributed by atoms with Crippen LogP contribution in [0.15, 0.2) is 35.2 Å². The number of nitrogens with zero attached hydrogens (tertiary/aromatic N) is 1. The lowest BCUT2D eigenvalue weighted by Gasteiger charge is -2.14. The Balaban J connectivity index is 2.80. The highest BCUT2D eigenvalue weighted by atomic mass is 32.2. The van der Waals surface area contributed by atoms with Crippen LogP contribution >= 0.6 is 0 Å². The minimum absolute atomic E-state index is 0.0115. The number of hydrogen-bond acceptors (Lipinski definition) is 3. The third kappa shape index (κ3) is 3.35. The van der Waals surface area contributed by atoms with Crippen LogP contribution in [0.5, 0.6) is 0 Å². The number of benzene rings is 1. The van der Waals surface area contributed by atoms with Crippen LogP contribution in [0, 0.1) is 16.7 Å². The van der Waals surface area contributed by atoms with Gasteiger partial charge in [0.15, 0.2) is 9.84 Å². The quantitative estimate of drug-likeness (QED) is 0.808. The van der Waals surface area contributed by atoms with Crippen LogP contribution in [-0.2, 0) is 9.84 Å². The lowest BCUT2D eigenvalue weighted by atomic mass is 9.93. The standard InChI is InChI=1S/C12H15NO2S/c1-12(2,10-13)8-9-16(14,15)11-6-4-3-5-7-11/h3-7H,8-9H2,1-2H3. The molecule has 4 heteroatoms. The maximum Gasteiger partial charge on any atom is 0.178 e. The van der Waals surface area contributed by atoms with E-state index in [4.69, 9.17) is 5.26 Å². The molecule has 3 nitrogen and oxygen atoms in total. The van der Waals surface area contributed by atoms with Crippen molar-refractivity contribution in [2.75, 3.05) is 5.75 Å². The first kappa shape index (κ1) is 12.7. The Labute approximate surface area is 96.6 Å². The second kappa shape index (κ2) is 4.67. The van der Waals surface area contributed by atoms with Gasteiger partial charge in [-0.25, -0.2) is 8.42 Å². The predicted octanol–water partition coefficient (Wildman–Crippen LogP) is 2.40. The molecule has 86 valence electrons. The fourth-order valence-electron chi connectivity index (χ4n) is 1.19. The van der Waals surface area contributed by atoms with E-state index in [0.29, 0.717) is 11.3 Å². The van der Waals surface area contributed by atoms with Crippen molar-refractivity contribution in [3.63, 3.8) is 0 Å². The Morgan fingerprint density at radius 2 is 1.81 bits per heavy atom. The summed E-state index contributed by atoms with van der Waals surface area (Å²) in [7, 11) is -3.25. The molecule has 0 amide bonds. The van der Waals surface area contributed by atoms with Gasteiger partial charge in [-0.3, -0.25) is 0 Å². The van der Waals surface area contributed by atoms with Gasteiger partial charge in [0.05, 0.1) is 22.1 Å². The molecule has 0 saturated carbocycles. The molecule has 16 heavy (non-hydrogen) atoms. The van der Waals surface area contributed by atoms with E-state index in [0.717, 1.165) is 0 Å². The maximum absolute atomic E-state index is 11.9. The van der Waals surface area contributed by atoms with Crippen molar-refractivity contribution in [2.45, 2.75) is 25.2 Å². The van der Waals surface area contributed by atoms with Crippen molar-refractivity contribution in [2.24, 2.45) is 5.41 Å². The van der Waals surface area contributed by atoms with Crippen LogP contribution in [-0.4, -0.2) is 14.2 Å². The molecule has 0 aliphatic heterocycles. The van der Waals surface area contributed by atoms with Gasteiger partial charge in [0.25, 0.3) is 0 Å². The summed E-state index contributed by atoms with van der Waals surface area (Å²) in [5.74, 6) is 0.0115. The van der Waals surface area contributed by atoms with Gasteiger partial charge in [-0.15, -0.1) is 0 Å². The molecule has 0 atom stereocenters. The van der Waals surface area contributed by atoms with Crippen LogP contribution in [0.4, 0.5) is 0 Å². The largest absolute Gasteiger partial charge is 0.224 e. The van der Waals surface area contributed by atoms with Crippen molar-refractivity contribution in [3.05, 3.63) is 30.3 Å². The summed E-state index contributed by atoms with van der Waals surface area (Å²) in [6, 6.07) is 10.4. The first-order valence-corrected chi connectivity index (χ1v) is 6.72. The van der Waals surface area contributed by atoms with Gasteiger partial charge in [-0.1, -0.05) is 18.2 Å². The lowest BCUT2D eigenvalue weighted by molar-refractivity contribution is 0.473. The van der Waals surface area contributed by atoms with E-state index >= 15 is 0 Å². The predicted molar refractivity (Wildman–Crippen MR) is 62.5 cm³/mol. The minimum atomic E-state index is -3.25. The molecule has 1 aromatic carbocycles. The summed E-state index contributed by atoms with van der Waals surface area (Å²) < 4.78 is 23.8. The molecule has 0 heterocycles. The van der Waals surface area contributed by atoms with E-state index < -0.39 is 15.3 Å². The first-order valence-electron chi connectivity index (χ1n) is 5.06. The Morgan fingerprint density at radius 1 is 1.25 bits per heavy atom. The zero-order valence-electron chi connectivity index (χ0n) is 9.47. The summed E-state index contributed by atoms with van der Waals surface area (Å²) in [4.78, 5) is 0.323. The maximum atomic E-state index is 11.9. The number of sulfone groups is 1. The van der Waals surface area contributed by atoms with Crippen LogP contribution in [0.25, 0.3) is 0 Å². The van der Waals surface area contributed by atoms with Gasteiger partial charge in [0.1, 0.15) is 0 Å². The Kier molecular flexibility index (Phi) is 3.71. The average molecular weight is 237 g/mol. The van der Waals surface area contributed by atoms with E-state index in [-0.39, 0.29) is 5.75 Å². The van der Waals surface area contributed by atoms with Gasteiger partial charge < -0.3 is 0 Å². The Morgan fingerprint density at radius 3 is 2.31 bits per heavy atom. The minimum Gasteiger partial charge on any atom is -0.224 e. The van der Waals surface area contributed by atoms with Gasteiger partial charge in [0, 0.05) is 0 Å². The molecule has 0 N–H and O–H groups in total. The number of nitriles is 1. The molecule has 0 aliphatic carbocycles. The van der Waals surface area contributed by atoms with Crippen LogP contribution < -0.4 is 0 Å². The molecular formula is C12H15NO2S. The third-order valence-corrected chi connectivity index (χ3v) is 4.13.